The molecule has 0 atom stereocenters. The van der Waals surface area contributed by atoms with Crippen LogP contribution in [0.4, 0.5) is 29.5 Å². The molecule has 35 heavy (non-hydrogen) atoms. The normalized spacial score (nSPS) is 21.5. The smallest absolute Gasteiger partial charge is 0.415 e. The van der Waals surface area contributed by atoms with E-state index >= 15 is 0 Å². The quantitative estimate of drug-likeness (QED) is 0.469. The van der Waals surface area contributed by atoms with Gasteiger partial charge < -0.3 is 10.1 Å². The molecule has 1 saturated heterocycles. The minimum Gasteiger partial charge on any atom is -0.441 e. The van der Waals surface area contributed by atoms with Crippen molar-refractivity contribution in [3.63, 3.8) is 0 Å². The van der Waals surface area contributed by atoms with Crippen molar-refractivity contribution in [3.05, 3.63) is 66.2 Å². The van der Waals surface area contributed by atoms with Gasteiger partial charge in [-0.25, -0.2) is 18.6 Å². The number of anilines is 2. The first-order valence-corrected chi connectivity index (χ1v) is 11.1. The number of pyridine rings is 1. The summed E-state index contributed by atoms with van der Waals surface area (Å²) in [5, 5.41) is 11.4. The first-order chi connectivity index (χ1) is 16.4. The first kappa shape index (κ1) is 24.7. The van der Waals surface area contributed by atoms with Crippen LogP contribution in [0.3, 0.4) is 0 Å². The molecule has 0 unspecified atom stereocenters. The molecule has 11 heteroatoms. The van der Waals surface area contributed by atoms with Crippen LogP contribution >= 0.6 is 12.4 Å². The van der Waals surface area contributed by atoms with E-state index in [1.165, 1.54) is 35.4 Å². The highest BCUT2D eigenvalue weighted by atomic mass is 35.5. The molecular weight excluding hydrogens is 483 g/mol. The third-order valence-corrected chi connectivity index (χ3v) is 6.41. The third kappa shape index (κ3) is 5.48. The van der Waals surface area contributed by atoms with Crippen molar-refractivity contribution in [2.75, 3.05) is 23.3 Å². The molecular formula is C24H23ClF3N5O2. The lowest BCUT2D eigenvalue weighted by Crippen LogP contribution is -2.39. The number of nitrogens with one attached hydrogen (secondary N) is 1. The summed E-state index contributed by atoms with van der Waals surface area (Å²) in [7, 11) is 0. The maximum absolute atomic E-state index is 13.4. The highest BCUT2D eigenvalue weighted by molar-refractivity contribution is 5.90. The molecule has 2 aliphatic rings. The van der Waals surface area contributed by atoms with Gasteiger partial charge in [0.2, 0.25) is 5.95 Å². The Bertz CT molecular complexity index is 1170. The van der Waals surface area contributed by atoms with E-state index in [1.54, 1.807) is 12.1 Å². The Labute approximate surface area is 206 Å². The Morgan fingerprint density at radius 1 is 1.03 bits per heavy atom. The summed E-state index contributed by atoms with van der Waals surface area (Å²) in [6.07, 6.45) is 4.09. The summed E-state index contributed by atoms with van der Waals surface area (Å²) < 4.78 is 45.7. The van der Waals surface area contributed by atoms with Crippen LogP contribution in [0, 0.1) is 23.5 Å². The molecule has 0 radical (unpaired) electrons. The predicted molar refractivity (Wildman–Crippen MR) is 126 cm³/mol. The number of aromatic nitrogens is 3. The van der Waals surface area contributed by atoms with E-state index in [4.69, 9.17) is 4.74 Å². The highest BCUT2D eigenvalue weighted by Gasteiger charge is 2.47. The topological polar surface area (TPSA) is 80.2 Å². The number of halogens is 4. The van der Waals surface area contributed by atoms with Crippen LogP contribution in [0.1, 0.15) is 25.7 Å². The van der Waals surface area contributed by atoms with Crippen LogP contribution in [-0.4, -0.2) is 40.0 Å². The van der Waals surface area contributed by atoms with Crippen LogP contribution in [0.15, 0.2) is 48.7 Å². The minimum atomic E-state index is -0.667. The van der Waals surface area contributed by atoms with Crippen LogP contribution in [-0.2, 0) is 4.74 Å². The minimum absolute atomic E-state index is 0. The molecule has 0 bridgehead atoms. The summed E-state index contributed by atoms with van der Waals surface area (Å²) in [5.41, 5.74) is 0.692. The number of nitrogens with zero attached hydrogens (tertiary/aromatic N) is 4. The fourth-order valence-electron chi connectivity index (χ4n) is 4.55. The Balaban J connectivity index is 0.00000289. The van der Waals surface area contributed by atoms with Crippen molar-refractivity contribution in [1.82, 2.24) is 15.2 Å². The van der Waals surface area contributed by atoms with Crippen LogP contribution in [0.25, 0.3) is 11.3 Å². The zero-order chi connectivity index (χ0) is 23.7. The number of hydrogen-bond donors (Lipinski definition) is 1. The molecule has 3 aromatic rings. The summed E-state index contributed by atoms with van der Waals surface area (Å²) in [6.45, 7) is 1.10. The summed E-state index contributed by atoms with van der Waals surface area (Å²) in [4.78, 5) is 17.5. The molecule has 5 rings (SSSR count). The Morgan fingerprint density at radius 3 is 2.40 bits per heavy atom. The second kappa shape index (κ2) is 10.1. The molecule has 3 heterocycles. The van der Waals surface area contributed by atoms with Gasteiger partial charge in [-0.3, -0.25) is 4.90 Å². The maximum atomic E-state index is 13.4. The van der Waals surface area contributed by atoms with Gasteiger partial charge >= 0.3 is 6.09 Å². The summed E-state index contributed by atoms with van der Waals surface area (Å²) in [6, 6.07) is 9.37. The largest absolute Gasteiger partial charge is 0.441 e. The predicted octanol–water partition coefficient (Wildman–Crippen LogP) is 5.38. The zero-order valence-electron chi connectivity index (χ0n) is 18.6. The molecule has 184 valence electrons. The zero-order valence-corrected chi connectivity index (χ0v) is 19.4. The number of amides is 1. The van der Waals surface area contributed by atoms with E-state index in [9.17, 15) is 18.0 Å². The molecule has 1 amide bonds. The number of benzene rings is 1. The SMILES string of the molecule is Cl.O=C1OC2(CCC(CNc3ccc(-c4cc(F)cc(F)c4)nn3)CC2)CN1c1ccc(F)nc1. The van der Waals surface area contributed by atoms with Crippen molar-refractivity contribution < 1.29 is 22.7 Å². The average Bonchev–Trinajstić information content (AvgIpc) is 3.14. The van der Waals surface area contributed by atoms with Gasteiger partial charge in [0.1, 0.15) is 23.1 Å². The lowest BCUT2D eigenvalue weighted by atomic mass is 9.78. The lowest BCUT2D eigenvalue weighted by molar-refractivity contribution is 0.0148. The van der Waals surface area contributed by atoms with Crippen molar-refractivity contribution in [3.8, 4) is 11.3 Å². The molecule has 1 aromatic carbocycles. The molecule has 7 nitrogen and oxygen atoms in total. The first-order valence-electron chi connectivity index (χ1n) is 11.1. The van der Waals surface area contributed by atoms with Gasteiger partial charge in [-0.2, -0.15) is 4.39 Å². The van der Waals surface area contributed by atoms with Crippen molar-refractivity contribution >= 4 is 30.0 Å². The number of carbonyl (C=O) groups excluding carboxylic acids is 1. The van der Waals surface area contributed by atoms with E-state index in [0.717, 1.165) is 31.7 Å². The Morgan fingerprint density at radius 2 is 1.77 bits per heavy atom. The monoisotopic (exact) mass is 505 g/mol. The van der Waals surface area contributed by atoms with E-state index in [0.29, 0.717) is 41.8 Å². The van der Waals surface area contributed by atoms with Gasteiger partial charge in [-0.1, -0.05) is 0 Å². The molecule has 2 fully saturated rings. The van der Waals surface area contributed by atoms with E-state index in [1.807, 2.05) is 0 Å². The van der Waals surface area contributed by atoms with Gasteiger partial charge in [0.05, 0.1) is 24.1 Å². The van der Waals surface area contributed by atoms with Crippen molar-refractivity contribution in [2.45, 2.75) is 31.3 Å². The van der Waals surface area contributed by atoms with Crippen LogP contribution < -0.4 is 10.2 Å². The summed E-state index contributed by atoms with van der Waals surface area (Å²) >= 11 is 0. The number of hydrogen-bond acceptors (Lipinski definition) is 6. The average molecular weight is 506 g/mol. The summed E-state index contributed by atoms with van der Waals surface area (Å²) in [5.74, 6) is -0.993. The van der Waals surface area contributed by atoms with E-state index < -0.39 is 29.3 Å². The molecule has 1 aliphatic heterocycles. The Hall–Kier alpha value is -3.40. The van der Waals surface area contributed by atoms with Crippen LogP contribution in [0.5, 0.6) is 0 Å². The molecule has 1 spiro atoms. The molecule has 2 aromatic heterocycles. The van der Waals surface area contributed by atoms with E-state index in [-0.39, 0.29) is 12.4 Å². The number of ether oxygens (including phenoxy) is 1. The van der Waals surface area contributed by atoms with Gasteiger partial charge in [-0.05, 0) is 68.0 Å². The van der Waals surface area contributed by atoms with E-state index in [2.05, 4.69) is 20.5 Å². The number of rotatable bonds is 5. The second-order valence-electron chi connectivity index (χ2n) is 8.76. The fourth-order valence-corrected chi connectivity index (χ4v) is 4.55. The lowest BCUT2D eigenvalue weighted by Gasteiger charge is -2.35. The number of carbonyl (C=O) groups is 1. The molecule has 1 N–H and O–H groups in total. The maximum Gasteiger partial charge on any atom is 0.415 e. The van der Waals surface area contributed by atoms with Gasteiger partial charge in [0.15, 0.2) is 0 Å². The van der Waals surface area contributed by atoms with Gasteiger partial charge in [0.25, 0.3) is 0 Å². The van der Waals surface area contributed by atoms with Crippen LogP contribution in [0.2, 0.25) is 0 Å². The second-order valence-corrected chi connectivity index (χ2v) is 8.76. The molecule has 1 saturated carbocycles. The third-order valence-electron chi connectivity index (χ3n) is 6.41. The van der Waals surface area contributed by atoms with Crippen molar-refractivity contribution in [1.29, 1.82) is 0 Å². The molecule has 1 aliphatic carbocycles. The van der Waals surface area contributed by atoms with Gasteiger partial charge in [0, 0.05) is 18.2 Å². The Kier molecular flexibility index (Phi) is 7.11. The van der Waals surface area contributed by atoms with Crippen molar-refractivity contribution in [2.24, 2.45) is 5.92 Å². The highest BCUT2D eigenvalue weighted by Crippen LogP contribution is 2.40. The van der Waals surface area contributed by atoms with Gasteiger partial charge in [-0.15, -0.1) is 22.6 Å². The standard InChI is InChI=1S/C24H22F3N5O2.ClH/c25-17-9-16(10-18(26)11-17)20-2-4-22(31-30-20)29-12-15-5-7-24(8-6-15)14-32(23(33)34-24)19-1-3-21(27)28-13-19;/h1-4,9-11,13,15H,5-8,12,14H2,(H,29,31);1H. The fraction of sp³-hybridized carbons (Fsp3) is 0.333.